The molecule has 1 heterocycles. The fraction of sp³-hybridized carbons (Fsp3) is 0.0769. The monoisotopic (exact) mass is 540 g/mol. The first-order valence-corrected chi connectivity index (χ1v) is 11.6. The Morgan fingerprint density at radius 2 is 1.76 bits per heavy atom. The van der Waals surface area contributed by atoms with Gasteiger partial charge in [0, 0.05) is 27.2 Å². The van der Waals surface area contributed by atoms with E-state index in [-0.39, 0.29) is 5.97 Å². The van der Waals surface area contributed by atoms with Gasteiger partial charge in [0.05, 0.1) is 23.4 Å². The van der Waals surface area contributed by atoms with Crippen LogP contribution in [0.25, 0.3) is 23.4 Å². The highest BCUT2D eigenvalue weighted by molar-refractivity contribution is 9.10. The zero-order chi connectivity index (χ0) is 23.4. The van der Waals surface area contributed by atoms with Crippen molar-refractivity contribution < 1.29 is 9.53 Å². The molecule has 0 unspecified atom stereocenters. The summed E-state index contributed by atoms with van der Waals surface area (Å²) in [6, 6.07) is 20.7. The van der Waals surface area contributed by atoms with Gasteiger partial charge in [-0.25, -0.2) is 9.78 Å². The molecule has 0 aliphatic heterocycles. The number of carbonyl (C=O) groups is 1. The molecule has 1 aromatic heterocycles. The SMILES string of the molecule is COC(=O)c1ccc(Cc2[nH]c(/C=C/c3ccc(Br)cc3)nc2-c2ccc(Cl)cc2Cl)cc1. The lowest BCUT2D eigenvalue weighted by molar-refractivity contribution is 0.0600. The van der Waals surface area contributed by atoms with E-state index >= 15 is 0 Å². The zero-order valence-electron chi connectivity index (χ0n) is 17.6. The Hall–Kier alpha value is -2.86. The Labute approximate surface area is 210 Å². The number of halogens is 3. The average Bonchev–Trinajstić information content (AvgIpc) is 3.21. The van der Waals surface area contributed by atoms with Crippen LogP contribution >= 0.6 is 39.1 Å². The summed E-state index contributed by atoms with van der Waals surface area (Å²) in [6.07, 6.45) is 4.50. The quantitative estimate of drug-likeness (QED) is 0.254. The van der Waals surface area contributed by atoms with Gasteiger partial charge in [0.1, 0.15) is 5.82 Å². The Bertz CT molecular complexity index is 1310. The van der Waals surface area contributed by atoms with E-state index in [1.54, 1.807) is 24.3 Å². The van der Waals surface area contributed by atoms with Gasteiger partial charge in [0.15, 0.2) is 0 Å². The van der Waals surface area contributed by atoms with Crippen LogP contribution in [0.5, 0.6) is 0 Å². The fourth-order valence-corrected chi connectivity index (χ4v) is 4.13. The van der Waals surface area contributed by atoms with Crippen LogP contribution in [-0.4, -0.2) is 23.0 Å². The van der Waals surface area contributed by atoms with Gasteiger partial charge in [-0.3, -0.25) is 0 Å². The number of ether oxygens (including phenoxy) is 1. The molecular weight excluding hydrogens is 523 g/mol. The molecule has 4 nitrogen and oxygen atoms in total. The molecule has 1 N–H and O–H groups in total. The number of hydrogen-bond donors (Lipinski definition) is 1. The summed E-state index contributed by atoms with van der Waals surface area (Å²) in [5.41, 5.74) is 5.03. The van der Waals surface area contributed by atoms with Crippen molar-refractivity contribution in [3.63, 3.8) is 0 Å². The molecule has 0 saturated heterocycles. The predicted molar refractivity (Wildman–Crippen MR) is 138 cm³/mol. The number of rotatable bonds is 6. The van der Waals surface area contributed by atoms with Crippen LogP contribution in [0.1, 0.15) is 33.0 Å². The van der Waals surface area contributed by atoms with Gasteiger partial charge in [-0.1, -0.05) is 69.5 Å². The molecule has 166 valence electrons. The van der Waals surface area contributed by atoms with E-state index in [9.17, 15) is 4.79 Å². The van der Waals surface area contributed by atoms with Crippen molar-refractivity contribution in [2.24, 2.45) is 0 Å². The van der Waals surface area contributed by atoms with E-state index in [0.717, 1.165) is 32.6 Å². The Morgan fingerprint density at radius 3 is 2.42 bits per heavy atom. The summed E-state index contributed by atoms with van der Waals surface area (Å²) in [4.78, 5) is 19.9. The van der Waals surface area contributed by atoms with E-state index in [2.05, 4.69) is 20.9 Å². The van der Waals surface area contributed by atoms with Crippen molar-refractivity contribution in [3.05, 3.63) is 109 Å². The minimum atomic E-state index is -0.364. The van der Waals surface area contributed by atoms with Gasteiger partial charge in [-0.2, -0.15) is 0 Å². The van der Waals surface area contributed by atoms with Gasteiger partial charge in [-0.05, 0) is 59.7 Å². The molecule has 0 bridgehead atoms. The number of nitrogens with zero attached hydrogens (tertiary/aromatic N) is 1. The Balaban J connectivity index is 1.69. The number of carbonyl (C=O) groups excluding carboxylic acids is 1. The highest BCUT2D eigenvalue weighted by atomic mass is 79.9. The second kappa shape index (κ2) is 10.4. The third kappa shape index (κ3) is 5.74. The third-order valence-electron chi connectivity index (χ3n) is 5.04. The van der Waals surface area contributed by atoms with Gasteiger partial charge >= 0.3 is 5.97 Å². The number of aromatic amines is 1. The zero-order valence-corrected chi connectivity index (χ0v) is 20.7. The molecule has 0 atom stereocenters. The van der Waals surface area contributed by atoms with Gasteiger partial charge in [0.25, 0.3) is 0 Å². The summed E-state index contributed by atoms with van der Waals surface area (Å²) in [5, 5.41) is 1.09. The smallest absolute Gasteiger partial charge is 0.337 e. The second-order valence-electron chi connectivity index (χ2n) is 7.32. The van der Waals surface area contributed by atoms with Crippen LogP contribution in [0.15, 0.2) is 71.2 Å². The van der Waals surface area contributed by atoms with E-state index in [0.29, 0.717) is 27.9 Å². The predicted octanol–water partition coefficient (Wildman–Crippen LogP) is 7.69. The summed E-state index contributed by atoms with van der Waals surface area (Å²) in [6.45, 7) is 0. The lowest BCUT2D eigenvalue weighted by Gasteiger charge is -2.06. The topological polar surface area (TPSA) is 55.0 Å². The van der Waals surface area contributed by atoms with Crippen LogP contribution in [0.4, 0.5) is 0 Å². The number of H-pyrrole nitrogens is 1. The maximum atomic E-state index is 11.7. The van der Waals surface area contributed by atoms with Crippen molar-refractivity contribution >= 4 is 57.3 Å². The fourth-order valence-electron chi connectivity index (χ4n) is 3.37. The molecule has 0 spiro atoms. The average molecular weight is 542 g/mol. The van der Waals surface area contributed by atoms with Crippen molar-refractivity contribution in [2.45, 2.75) is 6.42 Å². The number of methoxy groups -OCH3 is 1. The van der Waals surface area contributed by atoms with Crippen LogP contribution < -0.4 is 0 Å². The number of benzene rings is 3. The van der Waals surface area contributed by atoms with Crippen LogP contribution in [0.3, 0.4) is 0 Å². The molecular formula is C26H19BrCl2N2O2. The largest absolute Gasteiger partial charge is 0.465 e. The lowest BCUT2D eigenvalue weighted by atomic mass is 10.0. The van der Waals surface area contributed by atoms with Gasteiger partial charge in [0.2, 0.25) is 0 Å². The summed E-state index contributed by atoms with van der Waals surface area (Å²) < 4.78 is 5.80. The maximum absolute atomic E-state index is 11.7. The van der Waals surface area contributed by atoms with E-state index in [1.165, 1.54) is 7.11 Å². The Morgan fingerprint density at radius 1 is 1.03 bits per heavy atom. The number of nitrogens with one attached hydrogen (secondary N) is 1. The van der Waals surface area contributed by atoms with Crippen molar-refractivity contribution in [2.75, 3.05) is 7.11 Å². The van der Waals surface area contributed by atoms with Crippen LogP contribution in [0, 0.1) is 0 Å². The first-order chi connectivity index (χ1) is 15.9. The Kier molecular flexibility index (Phi) is 7.33. The standard InChI is InChI=1S/C26H19BrCl2N2O2/c1-33-26(32)18-7-2-17(3-8-18)14-23-25(21-12-11-20(28)15-22(21)29)31-24(30-23)13-6-16-4-9-19(27)10-5-16/h2-13,15H,14H2,1H3,(H,30,31)/b13-6+. The first-order valence-electron chi connectivity index (χ1n) is 10.1. The molecule has 4 aromatic rings. The number of esters is 1. The molecule has 33 heavy (non-hydrogen) atoms. The van der Waals surface area contributed by atoms with Crippen LogP contribution in [-0.2, 0) is 11.2 Å². The minimum absolute atomic E-state index is 0.364. The second-order valence-corrected chi connectivity index (χ2v) is 9.08. The van der Waals surface area contributed by atoms with E-state index in [4.69, 9.17) is 32.9 Å². The molecule has 0 saturated carbocycles. The third-order valence-corrected chi connectivity index (χ3v) is 6.12. The molecule has 0 aliphatic carbocycles. The molecule has 0 amide bonds. The highest BCUT2D eigenvalue weighted by Crippen LogP contribution is 2.32. The molecule has 3 aromatic carbocycles. The normalized spacial score (nSPS) is 11.2. The van der Waals surface area contributed by atoms with Crippen molar-refractivity contribution in [3.8, 4) is 11.3 Å². The molecule has 0 fully saturated rings. The summed E-state index contributed by atoms with van der Waals surface area (Å²) in [5.74, 6) is 0.345. The highest BCUT2D eigenvalue weighted by Gasteiger charge is 2.15. The molecule has 0 aliphatic rings. The summed E-state index contributed by atoms with van der Waals surface area (Å²) in [7, 11) is 1.37. The summed E-state index contributed by atoms with van der Waals surface area (Å²) >= 11 is 16.0. The minimum Gasteiger partial charge on any atom is -0.465 e. The van der Waals surface area contributed by atoms with Gasteiger partial charge < -0.3 is 9.72 Å². The number of hydrogen-bond acceptors (Lipinski definition) is 3. The molecule has 4 rings (SSSR count). The van der Waals surface area contributed by atoms with Crippen LogP contribution in [0.2, 0.25) is 10.0 Å². The lowest BCUT2D eigenvalue weighted by Crippen LogP contribution is -2.01. The molecule has 0 radical (unpaired) electrons. The first kappa shape index (κ1) is 23.3. The maximum Gasteiger partial charge on any atom is 0.337 e. The number of imidazole rings is 1. The van der Waals surface area contributed by atoms with E-state index in [1.807, 2.05) is 54.6 Å². The number of aromatic nitrogens is 2. The molecule has 7 heteroatoms. The van der Waals surface area contributed by atoms with E-state index < -0.39 is 0 Å². The van der Waals surface area contributed by atoms with Crippen molar-refractivity contribution in [1.82, 2.24) is 9.97 Å². The van der Waals surface area contributed by atoms with Gasteiger partial charge in [-0.15, -0.1) is 0 Å². The van der Waals surface area contributed by atoms with Crippen molar-refractivity contribution in [1.29, 1.82) is 0 Å².